The molecule has 3 heterocycles. The van der Waals surface area contributed by atoms with Crippen LogP contribution in [-0.4, -0.2) is 67.2 Å². The molecule has 4 rings (SSSR count). The number of nitrogens with one attached hydrogen (secondary N) is 2. The summed E-state index contributed by atoms with van der Waals surface area (Å²) in [6.07, 6.45) is 2.62. The lowest BCUT2D eigenvalue weighted by atomic mass is 10.0. The first-order chi connectivity index (χ1) is 17.4. The van der Waals surface area contributed by atoms with Gasteiger partial charge in [-0.25, -0.2) is 23.0 Å². The summed E-state index contributed by atoms with van der Waals surface area (Å²) in [6, 6.07) is 7.79. The van der Waals surface area contributed by atoms with Gasteiger partial charge in [-0.1, -0.05) is 17.7 Å². The lowest BCUT2D eigenvalue weighted by Gasteiger charge is -2.35. The number of carbonyl (C=O) groups excluding carboxylic acids is 2. The molecule has 1 fully saturated rings. The highest BCUT2D eigenvalue weighted by atomic mass is 32.2. The molecule has 1 atom stereocenters. The fourth-order valence-corrected chi connectivity index (χ4v) is 5.69. The van der Waals surface area contributed by atoms with Crippen LogP contribution in [0.4, 0.5) is 10.5 Å². The van der Waals surface area contributed by atoms with E-state index in [0.29, 0.717) is 42.7 Å². The molecule has 11 heteroatoms. The van der Waals surface area contributed by atoms with E-state index in [4.69, 9.17) is 9.47 Å². The molecule has 1 saturated heterocycles. The zero-order valence-corrected chi connectivity index (χ0v) is 22.4. The molecule has 1 unspecified atom stereocenters. The van der Waals surface area contributed by atoms with Gasteiger partial charge in [-0.3, -0.25) is 0 Å². The monoisotopic (exact) mass is 528 g/mol. The molecule has 3 aromatic rings. The van der Waals surface area contributed by atoms with Gasteiger partial charge >= 0.3 is 12.1 Å². The number of nitrogens with zero attached hydrogens (tertiary/aromatic N) is 2. The Morgan fingerprint density at radius 2 is 1.86 bits per heavy atom. The van der Waals surface area contributed by atoms with Crippen LogP contribution in [0.25, 0.3) is 11.0 Å². The number of esters is 1. The summed E-state index contributed by atoms with van der Waals surface area (Å²) < 4.78 is 37.9. The fraction of sp³-hybridized carbons (Fsp3) is 0.423. The van der Waals surface area contributed by atoms with E-state index in [9.17, 15) is 18.0 Å². The number of rotatable bonds is 5. The van der Waals surface area contributed by atoms with Crippen LogP contribution in [0.3, 0.4) is 0 Å². The second-order valence-corrected chi connectivity index (χ2v) is 12.0. The first kappa shape index (κ1) is 26.5. The van der Waals surface area contributed by atoms with Crippen LogP contribution in [0, 0.1) is 6.92 Å². The third-order valence-corrected chi connectivity index (χ3v) is 7.77. The highest BCUT2D eigenvalue weighted by Crippen LogP contribution is 2.35. The first-order valence-electron chi connectivity index (χ1n) is 12.1. The van der Waals surface area contributed by atoms with Crippen molar-refractivity contribution in [3.05, 3.63) is 47.7 Å². The summed E-state index contributed by atoms with van der Waals surface area (Å²) in [7, 11) is -2.98. The first-order valence-corrected chi connectivity index (χ1v) is 13.5. The Morgan fingerprint density at radius 3 is 2.51 bits per heavy atom. The number of ether oxygens (including phenoxy) is 2. The Kier molecular flexibility index (Phi) is 7.18. The molecule has 10 nitrogen and oxygen atoms in total. The minimum Gasteiger partial charge on any atom is -0.465 e. The third-order valence-electron chi connectivity index (χ3n) is 6.07. The average molecular weight is 529 g/mol. The van der Waals surface area contributed by atoms with Crippen molar-refractivity contribution in [2.45, 2.75) is 62.1 Å². The highest BCUT2D eigenvalue weighted by molar-refractivity contribution is 7.91. The number of hydrogen-bond acceptors (Lipinski definition) is 8. The van der Waals surface area contributed by atoms with Crippen LogP contribution in [0.15, 0.2) is 46.5 Å². The van der Waals surface area contributed by atoms with E-state index in [1.165, 1.54) is 19.2 Å². The zero-order valence-electron chi connectivity index (χ0n) is 21.6. The Morgan fingerprint density at radius 1 is 1.16 bits per heavy atom. The SMILES string of the molecule is COC(=O)c1c(S(=O)(=O)c2ccc(C)cc2)nc2[nH]ccc2c1NC1CCCN(C(=O)OC(C)(C)C)C1. The number of benzene rings is 1. The normalized spacial score (nSPS) is 16.5. The Bertz CT molecular complexity index is 1420. The number of fused-ring (bicyclic) bond motifs is 1. The molecule has 1 aromatic carbocycles. The fourth-order valence-electron chi connectivity index (χ4n) is 4.31. The Labute approximate surface area is 216 Å². The van der Waals surface area contributed by atoms with Crippen molar-refractivity contribution in [2.24, 2.45) is 0 Å². The Balaban J connectivity index is 1.78. The van der Waals surface area contributed by atoms with E-state index in [1.807, 2.05) is 27.7 Å². The van der Waals surface area contributed by atoms with E-state index in [2.05, 4.69) is 15.3 Å². The van der Waals surface area contributed by atoms with Gasteiger partial charge in [-0.2, -0.15) is 0 Å². The lowest BCUT2D eigenvalue weighted by molar-refractivity contribution is 0.0206. The van der Waals surface area contributed by atoms with Gasteiger partial charge in [-0.05, 0) is 58.7 Å². The van der Waals surface area contributed by atoms with Crippen LogP contribution in [0.5, 0.6) is 0 Å². The number of aryl methyl sites for hydroxylation is 1. The number of piperidine rings is 1. The lowest BCUT2D eigenvalue weighted by Crippen LogP contribution is -2.47. The standard InChI is InChI=1S/C26H32N4O6S/c1-16-8-10-18(11-9-16)37(33,34)23-20(24(31)35-5)21(19-12-13-27-22(19)29-23)28-17-7-6-14-30(15-17)25(32)36-26(2,3)4/h8-13,17H,6-7,14-15H2,1-5H3,(H2,27,28,29). The molecule has 0 spiro atoms. The van der Waals surface area contributed by atoms with Crippen molar-refractivity contribution in [3.8, 4) is 0 Å². The van der Waals surface area contributed by atoms with Gasteiger partial charge < -0.3 is 24.7 Å². The van der Waals surface area contributed by atoms with Gasteiger partial charge in [-0.15, -0.1) is 0 Å². The van der Waals surface area contributed by atoms with Gasteiger partial charge in [0.25, 0.3) is 0 Å². The van der Waals surface area contributed by atoms with Crippen LogP contribution in [-0.2, 0) is 19.3 Å². The van der Waals surface area contributed by atoms with E-state index < -0.39 is 32.5 Å². The predicted octanol–water partition coefficient (Wildman–Crippen LogP) is 4.30. The number of anilines is 1. The maximum absolute atomic E-state index is 13.7. The van der Waals surface area contributed by atoms with Crippen molar-refractivity contribution in [1.82, 2.24) is 14.9 Å². The third kappa shape index (κ3) is 5.56. The maximum atomic E-state index is 13.7. The molecule has 1 amide bonds. The molecular weight excluding hydrogens is 496 g/mol. The van der Waals surface area contributed by atoms with E-state index in [0.717, 1.165) is 5.56 Å². The number of carbonyl (C=O) groups is 2. The molecule has 2 aromatic heterocycles. The van der Waals surface area contributed by atoms with Crippen LogP contribution in [0.2, 0.25) is 0 Å². The molecule has 1 aliphatic rings. The number of aromatic nitrogens is 2. The molecule has 198 valence electrons. The summed E-state index contributed by atoms with van der Waals surface area (Å²) in [4.78, 5) is 34.7. The minimum absolute atomic E-state index is 0.0152. The molecule has 37 heavy (non-hydrogen) atoms. The van der Waals surface area contributed by atoms with E-state index in [-0.39, 0.29) is 16.5 Å². The number of pyridine rings is 1. The maximum Gasteiger partial charge on any atom is 0.410 e. The summed E-state index contributed by atoms with van der Waals surface area (Å²) >= 11 is 0. The highest BCUT2D eigenvalue weighted by Gasteiger charge is 2.34. The number of sulfone groups is 1. The quantitative estimate of drug-likeness (QED) is 0.469. The smallest absolute Gasteiger partial charge is 0.410 e. The van der Waals surface area contributed by atoms with Gasteiger partial charge in [0.2, 0.25) is 9.84 Å². The zero-order chi connectivity index (χ0) is 27.0. The van der Waals surface area contributed by atoms with E-state index in [1.54, 1.807) is 29.3 Å². The van der Waals surface area contributed by atoms with Crippen molar-refractivity contribution in [2.75, 3.05) is 25.5 Å². The number of likely N-dealkylation sites (tertiary alicyclic amines) is 1. The average Bonchev–Trinajstić information content (AvgIpc) is 3.32. The van der Waals surface area contributed by atoms with Gasteiger partial charge in [0.15, 0.2) is 5.03 Å². The van der Waals surface area contributed by atoms with Crippen LogP contribution in [0.1, 0.15) is 49.5 Å². The number of hydrogen-bond donors (Lipinski definition) is 2. The molecular formula is C26H32N4O6S. The van der Waals surface area contributed by atoms with Crippen molar-refractivity contribution < 1.29 is 27.5 Å². The molecule has 0 bridgehead atoms. The van der Waals surface area contributed by atoms with Gasteiger partial charge in [0.05, 0.1) is 17.7 Å². The topological polar surface area (TPSA) is 131 Å². The number of amides is 1. The molecule has 0 aliphatic carbocycles. The second-order valence-electron chi connectivity index (χ2n) is 10.1. The largest absolute Gasteiger partial charge is 0.465 e. The predicted molar refractivity (Wildman–Crippen MR) is 139 cm³/mol. The van der Waals surface area contributed by atoms with Crippen molar-refractivity contribution >= 4 is 38.6 Å². The summed E-state index contributed by atoms with van der Waals surface area (Å²) in [6.45, 7) is 8.14. The molecule has 2 N–H and O–H groups in total. The number of aromatic amines is 1. The van der Waals surface area contributed by atoms with Gasteiger partial charge in [0.1, 0.15) is 16.8 Å². The van der Waals surface area contributed by atoms with Crippen molar-refractivity contribution in [3.63, 3.8) is 0 Å². The summed E-state index contributed by atoms with van der Waals surface area (Å²) in [5.74, 6) is -0.830. The molecule has 0 saturated carbocycles. The van der Waals surface area contributed by atoms with Gasteiger partial charge in [0, 0.05) is 30.7 Å². The van der Waals surface area contributed by atoms with E-state index >= 15 is 0 Å². The van der Waals surface area contributed by atoms with Crippen LogP contribution < -0.4 is 5.32 Å². The summed E-state index contributed by atoms with van der Waals surface area (Å²) in [5, 5.41) is 3.48. The minimum atomic E-state index is -4.18. The van der Waals surface area contributed by atoms with Crippen molar-refractivity contribution in [1.29, 1.82) is 0 Å². The number of H-pyrrole nitrogens is 1. The summed E-state index contributed by atoms with van der Waals surface area (Å²) in [5.41, 5.74) is 0.691. The Hall–Kier alpha value is -3.60. The molecule has 0 radical (unpaired) electrons. The number of methoxy groups -OCH3 is 1. The second kappa shape index (κ2) is 10.0. The van der Waals surface area contributed by atoms with Crippen LogP contribution >= 0.6 is 0 Å². The molecule has 1 aliphatic heterocycles.